The van der Waals surface area contributed by atoms with Crippen molar-refractivity contribution in [2.24, 2.45) is 0 Å². The molecule has 6 heteroatoms. The molecular formula is C23H25FN4O. The molecule has 0 aliphatic carbocycles. The van der Waals surface area contributed by atoms with Gasteiger partial charge in [0.1, 0.15) is 5.82 Å². The molecule has 0 atom stereocenters. The Morgan fingerprint density at radius 1 is 1.14 bits per heavy atom. The van der Waals surface area contributed by atoms with Crippen LogP contribution in [0.2, 0.25) is 0 Å². The summed E-state index contributed by atoms with van der Waals surface area (Å²) in [5, 5.41) is 7.29. The van der Waals surface area contributed by atoms with Gasteiger partial charge in [0.2, 0.25) is 5.91 Å². The van der Waals surface area contributed by atoms with Crippen molar-refractivity contribution in [3.63, 3.8) is 0 Å². The standard InChI is InChI=1S/C23H25FN4O/c1-28(23(29)13-12-20-10-4-5-14-25-20)15-6-2-3-11-21-17-22(27-26-21)18-8-7-9-19(24)16-18/h4-5,7-10,12-14,16-17H,2-3,6,11,15H2,1H3,(H,26,27)/b13-12+. The fourth-order valence-corrected chi connectivity index (χ4v) is 3.00. The van der Waals surface area contributed by atoms with Crippen LogP contribution in [0.1, 0.15) is 30.7 Å². The minimum Gasteiger partial charge on any atom is -0.342 e. The highest BCUT2D eigenvalue weighted by atomic mass is 19.1. The number of benzene rings is 1. The van der Waals surface area contributed by atoms with E-state index in [0.717, 1.165) is 48.3 Å². The van der Waals surface area contributed by atoms with Crippen LogP contribution in [-0.4, -0.2) is 39.6 Å². The van der Waals surface area contributed by atoms with E-state index in [-0.39, 0.29) is 11.7 Å². The quantitative estimate of drug-likeness (QED) is 0.431. The molecule has 1 amide bonds. The fourth-order valence-electron chi connectivity index (χ4n) is 3.00. The van der Waals surface area contributed by atoms with Crippen LogP contribution in [-0.2, 0) is 11.2 Å². The van der Waals surface area contributed by atoms with E-state index in [4.69, 9.17) is 0 Å². The van der Waals surface area contributed by atoms with Gasteiger partial charge in [-0.25, -0.2) is 4.39 Å². The molecule has 29 heavy (non-hydrogen) atoms. The second-order valence-electron chi connectivity index (χ2n) is 6.95. The highest BCUT2D eigenvalue weighted by Gasteiger charge is 2.06. The summed E-state index contributed by atoms with van der Waals surface area (Å²) in [6.45, 7) is 0.711. The number of halogens is 1. The molecular weight excluding hydrogens is 367 g/mol. The zero-order chi connectivity index (χ0) is 20.5. The lowest BCUT2D eigenvalue weighted by Gasteiger charge is -2.14. The first-order chi connectivity index (χ1) is 14.1. The van der Waals surface area contributed by atoms with E-state index in [1.807, 2.05) is 37.4 Å². The van der Waals surface area contributed by atoms with Crippen LogP contribution in [0.4, 0.5) is 4.39 Å². The van der Waals surface area contributed by atoms with Crippen LogP contribution in [0.25, 0.3) is 17.3 Å². The third-order valence-corrected chi connectivity index (χ3v) is 4.65. The number of nitrogens with one attached hydrogen (secondary N) is 1. The summed E-state index contributed by atoms with van der Waals surface area (Å²) in [5.41, 5.74) is 3.33. The Morgan fingerprint density at radius 2 is 2.03 bits per heavy atom. The van der Waals surface area contributed by atoms with E-state index in [1.165, 1.54) is 12.1 Å². The number of nitrogens with zero attached hydrogens (tertiary/aromatic N) is 3. The maximum Gasteiger partial charge on any atom is 0.246 e. The van der Waals surface area contributed by atoms with E-state index in [0.29, 0.717) is 6.54 Å². The topological polar surface area (TPSA) is 61.9 Å². The number of unbranched alkanes of at least 4 members (excludes halogenated alkanes) is 2. The second kappa shape index (κ2) is 10.3. The maximum absolute atomic E-state index is 13.3. The molecule has 3 rings (SSSR count). The summed E-state index contributed by atoms with van der Waals surface area (Å²) < 4.78 is 13.3. The van der Waals surface area contributed by atoms with Gasteiger partial charge in [0, 0.05) is 37.1 Å². The molecule has 0 spiro atoms. The number of aryl methyl sites for hydroxylation is 1. The molecule has 1 aromatic carbocycles. The van der Waals surface area contributed by atoms with Crippen LogP contribution in [0, 0.1) is 5.82 Å². The number of carbonyl (C=O) groups is 1. The molecule has 0 saturated carbocycles. The van der Waals surface area contributed by atoms with Gasteiger partial charge in [0.05, 0.1) is 11.4 Å². The van der Waals surface area contributed by atoms with Gasteiger partial charge in [-0.1, -0.05) is 24.6 Å². The lowest BCUT2D eigenvalue weighted by atomic mass is 10.1. The van der Waals surface area contributed by atoms with Crippen LogP contribution in [0.5, 0.6) is 0 Å². The van der Waals surface area contributed by atoms with E-state index >= 15 is 0 Å². The van der Waals surface area contributed by atoms with Crippen molar-refractivity contribution in [1.82, 2.24) is 20.1 Å². The Morgan fingerprint density at radius 3 is 2.83 bits per heavy atom. The Bertz CT molecular complexity index is 952. The van der Waals surface area contributed by atoms with E-state index in [2.05, 4.69) is 15.2 Å². The lowest BCUT2D eigenvalue weighted by molar-refractivity contribution is -0.124. The van der Waals surface area contributed by atoms with Gasteiger partial charge in [0.25, 0.3) is 0 Å². The second-order valence-corrected chi connectivity index (χ2v) is 6.95. The Labute approximate surface area is 170 Å². The van der Waals surface area contributed by atoms with Crippen LogP contribution in [0.3, 0.4) is 0 Å². The maximum atomic E-state index is 13.3. The Kier molecular flexibility index (Phi) is 7.28. The molecule has 1 N–H and O–H groups in total. The van der Waals surface area contributed by atoms with Gasteiger partial charge < -0.3 is 4.90 Å². The van der Waals surface area contributed by atoms with Gasteiger partial charge in [-0.2, -0.15) is 5.10 Å². The molecule has 150 valence electrons. The number of rotatable bonds is 9. The molecule has 0 radical (unpaired) electrons. The van der Waals surface area contributed by atoms with E-state index in [1.54, 1.807) is 29.3 Å². The zero-order valence-corrected chi connectivity index (χ0v) is 16.5. The third-order valence-electron chi connectivity index (χ3n) is 4.65. The highest BCUT2D eigenvalue weighted by molar-refractivity contribution is 5.91. The number of amides is 1. The molecule has 0 saturated heterocycles. The minimum absolute atomic E-state index is 0.0241. The number of hydrogen-bond donors (Lipinski definition) is 1. The van der Waals surface area contributed by atoms with Crippen LogP contribution < -0.4 is 0 Å². The predicted octanol–water partition coefficient (Wildman–Crippen LogP) is 4.50. The summed E-state index contributed by atoms with van der Waals surface area (Å²) in [4.78, 5) is 18.0. The first-order valence-electron chi connectivity index (χ1n) is 9.76. The van der Waals surface area contributed by atoms with Gasteiger partial charge >= 0.3 is 0 Å². The first-order valence-corrected chi connectivity index (χ1v) is 9.76. The zero-order valence-electron chi connectivity index (χ0n) is 16.5. The average molecular weight is 392 g/mol. The van der Waals surface area contributed by atoms with Crippen molar-refractivity contribution < 1.29 is 9.18 Å². The van der Waals surface area contributed by atoms with Crippen molar-refractivity contribution in [3.8, 4) is 11.3 Å². The molecule has 0 bridgehead atoms. The summed E-state index contributed by atoms with van der Waals surface area (Å²) in [6.07, 6.45) is 8.80. The Balaban J connectivity index is 1.36. The number of likely N-dealkylation sites (N-methyl/N-ethyl adjacent to an activating group) is 1. The van der Waals surface area contributed by atoms with Gasteiger partial charge in [-0.05, 0) is 55.7 Å². The number of hydrogen-bond acceptors (Lipinski definition) is 3. The molecule has 2 aromatic heterocycles. The van der Waals surface area contributed by atoms with E-state index < -0.39 is 0 Å². The minimum atomic E-state index is -0.263. The predicted molar refractivity (Wildman–Crippen MR) is 112 cm³/mol. The summed E-state index contributed by atoms with van der Waals surface area (Å²) >= 11 is 0. The number of H-pyrrole nitrogens is 1. The fraction of sp³-hybridized carbons (Fsp3) is 0.261. The summed E-state index contributed by atoms with van der Waals surface area (Å²) in [6, 6.07) is 14.0. The van der Waals surface area contributed by atoms with Gasteiger partial charge in [-0.3, -0.25) is 14.9 Å². The number of aromatic amines is 1. The Hall–Kier alpha value is -3.28. The van der Waals surface area contributed by atoms with Crippen LogP contribution >= 0.6 is 0 Å². The van der Waals surface area contributed by atoms with Crippen molar-refractivity contribution in [2.45, 2.75) is 25.7 Å². The molecule has 0 aliphatic heterocycles. The van der Waals surface area contributed by atoms with E-state index in [9.17, 15) is 9.18 Å². The molecule has 0 unspecified atom stereocenters. The first kappa shape index (κ1) is 20.5. The summed E-state index contributed by atoms with van der Waals surface area (Å²) in [5.74, 6) is -0.287. The van der Waals surface area contributed by atoms with Gasteiger partial charge in [0.15, 0.2) is 0 Å². The van der Waals surface area contributed by atoms with Crippen molar-refractivity contribution in [3.05, 3.63) is 78.0 Å². The molecule has 0 aliphatic rings. The van der Waals surface area contributed by atoms with Crippen molar-refractivity contribution in [1.29, 1.82) is 0 Å². The largest absolute Gasteiger partial charge is 0.342 e. The van der Waals surface area contributed by atoms with Crippen LogP contribution in [0.15, 0.2) is 60.8 Å². The average Bonchev–Trinajstić information content (AvgIpc) is 3.21. The van der Waals surface area contributed by atoms with Crippen molar-refractivity contribution >= 4 is 12.0 Å². The highest BCUT2D eigenvalue weighted by Crippen LogP contribution is 2.19. The normalized spacial score (nSPS) is 11.1. The number of pyridine rings is 1. The molecule has 3 aromatic rings. The SMILES string of the molecule is CN(CCCCCc1cc(-c2cccc(F)c2)n[nH]1)C(=O)/C=C/c1ccccn1. The molecule has 5 nitrogen and oxygen atoms in total. The molecule has 0 fully saturated rings. The smallest absolute Gasteiger partial charge is 0.246 e. The number of aromatic nitrogens is 3. The number of carbonyl (C=O) groups excluding carboxylic acids is 1. The van der Waals surface area contributed by atoms with Crippen molar-refractivity contribution in [2.75, 3.05) is 13.6 Å². The molecule has 2 heterocycles. The summed E-state index contributed by atoms with van der Waals surface area (Å²) in [7, 11) is 1.81. The van der Waals surface area contributed by atoms with Gasteiger partial charge in [-0.15, -0.1) is 0 Å². The third kappa shape index (κ3) is 6.38. The lowest BCUT2D eigenvalue weighted by Crippen LogP contribution is -2.25. The monoisotopic (exact) mass is 392 g/mol.